The van der Waals surface area contributed by atoms with Crippen LogP contribution in [0, 0.1) is 11.3 Å². The molecule has 0 bridgehead atoms. The number of nitrogens with zero attached hydrogens (tertiary/aromatic N) is 3. The summed E-state index contributed by atoms with van der Waals surface area (Å²) in [5.74, 6) is 0. The largest absolute Gasteiger partial charge is 0.368 e. The van der Waals surface area contributed by atoms with Gasteiger partial charge < -0.3 is 15.1 Å². The van der Waals surface area contributed by atoms with Gasteiger partial charge in [0.25, 0.3) is 0 Å². The molecule has 2 aromatic rings. The zero-order valence-corrected chi connectivity index (χ0v) is 13.8. The lowest BCUT2D eigenvalue weighted by atomic mass is 10.2. The molecule has 0 atom stereocenters. The van der Waals surface area contributed by atoms with Crippen LogP contribution in [0.3, 0.4) is 0 Å². The Labute approximate surface area is 146 Å². The summed E-state index contributed by atoms with van der Waals surface area (Å²) < 4.78 is 0. The maximum absolute atomic E-state index is 12.3. The molecule has 1 aliphatic heterocycles. The van der Waals surface area contributed by atoms with Gasteiger partial charge in [-0.3, -0.25) is 0 Å². The highest BCUT2D eigenvalue weighted by Gasteiger charge is 2.21. The molecule has 0 saturated carbocycles. The van der Waals surface area contributed by atoms with Crippen LogP contribution in [-0.4, -0.2) is 37.1 Å². The summed E-state index contributed by atoms with van der Waals surface area (Å²) in [6, 6.07) is 16.6. The molecule has 3 rings (SSSR count). The fourth-order valence-corrected chi connectivity index (χ4v) is 2.87. The number of rotatable bonds is 2. The SMILES string of the molecule is N#Cc1ccc(N2CCN(C(=O)Nc3cccc(Cl)c3)CC2)cc1. The molecular weight excluding hydrogens is 324 g/mol. The topological polar surface area (TPSA) is 59.4 Å². The standard InChI is InChI=1S/C18H17ClN4O/c19-15-2-1-3-16(12-15)21-18(24)23-10-8-22(9-11-23)17-6-4-14(13-20)5-7-17/h1-7,12H,8-11H2,(H,21,24). The zero-order valence-electron chi connectivity index (χ0n) is 13.1. The third kappa shape index (κ3) is 3.79. The summed E-state index contributed by atoms with van der Waals surface area (Å²) in [4.78, 5) is 16.3. The minimum absolute atomic E-state index is 0.114. The Morgan fingerprint density at radius 1 is 1.08 bits per heavy atom. The van der Waals surface area contributed by atoms with E-state index in [2.05, 4.69) is 16.3 Å². The number of carbonyl (C=O) groups excluding carboxylic acids is 1. The van der Waals surface area contributed by atoms with Crippen LogP contribution in [0.1, 0.15) is 5.56 Å². The lowest BCUT2D eigenvalue weighted by molar-refractivity contribution is 0.208. The number of piperazine rings is 1. The first-order valence-electron chi connectivity index (χ1n) is 7.72. The van der Waals surface area contributed by atoms with Crippen molar-refractivity contribution in [2.75, 3.05) is 36.4 Å². The molecule has 0 spiro atoms. The number of anilines is 2. The number of halogens is 1. The summed E-state index contributed by atoms with van der Waals surface area (Å²) in [7, 11) is 0. The van der Waals surface area contributed by atoms with Gasteiger partial charge in [-0.15, -0.1) is 0 Å². The fourth-order valence-electron chi connectivity index (χ4n) is 2.68. The minimum Gasteiger partial charge on any atom is -0.368 e. The minimum atomic E-state index is -0.114. The highest BCUT2D eigenvalue weighted by molar-refractivity contribution is 6.30. The molecule has 1 saturated heterocycles. The van der Waals surface area contributed by atoms with Crippen LogP contribution in [0.5, 0.6) is 0 Å². The van der Waals surface area contributed by atoms with Crippen molar-refractivity contribution >= 4 is 29.0 Å². The van der Waals surface area contributed by atoms with E-state index in [9.17, 15) is 4.79 Å². The van der Waals surface area contributed by atoms with Gasteiger partial charge in [-0.1, -0.05) is 17.7 Å². The van der Waals surface area contributed by atoms with E-state index in [4.69, 9.17) is 16.9 Å². The van der Waals surface area contributed by atoms with Gasteiger partial charge >= 0.3 is 6.03 Å². The van der Waals surface area contributed by atoms with Crippen LogP contribution >= 0.6 is 11.6 Å². The van der Waals surface area contributed by atoms with Crippen molar-refractivity contribution in [1.29, 1.82) is 5.26 Å². The summed E-state index contributed by atoms with van der Waals surface area (Å²) in [5.41, 5.74) is 2.42. The monoisotopic (exact) mass is 340 g/mol. The number of hydrogen-bond acceptors (Lipinski definition) is 3. The first kappa shape index (κ1) is 16.2. The van der Waals surface area contributed by atoms with Crippen molar-refractivity contribution in [1.82, 2.24) is 4.90 Å². The maximum Gasteiger partial charge on any atom is 0.321 e. The number of amides is 2. The Morgan fingerprint density at radius 3 is 2.42 bits per heavy atom. The van der Waals surface area contributed by atoms with Gasteiger partial charge in [-0.25, -0.2) is 4.79 Å². The first-order valence-corrected chi connectivity index (χ1v) is 8.10. The van der Waals surface area contributed by atoms with Crippen molar-refractivity contribution < 1.29 is 4.79 Å². The molecule has 0 aromatic heterocycles. The van der Waals surface area contributed by atoms with E-state index >= 15 is 0 Å². The third-order valence-corrected chi connectivity index (χ3v) is 4.24. The van der Waals surface area contributed by atoms with E-state index in [-0.39, 0.29) is 6.03 Å². The van der Waals surface area contributed by atoms with Crippen LogP contribution in [0.4, 0.5) is 16.2 Å². The van der Waals surface area contributed by atoms with E-state index in [0.29, 0.717) is 29.4 Å². The van der Waals surface area contributed by atoms with E-state index in [0.717, 1.165) is 18.8 Å². The zero-order chi connectivity index (χ0) is 16.9. The van der Waals surface area contributed by atoms with Gasteiger partial charge in [0.1, 0.15) is 0 Å². The fraction of sp³-hybridized carbons (Fsp3) is 0.222. The lowest BCUT2D eigenvalue weighted by Crippen LogP contribution is -2.50. The van der Waals surface area contributed by atoms with Crippen LogP contribution < -0.4 is 10.2 Å². The second-order valence-corrected chi connectivity index (χ2v) is 6.01. The Hall–Kier alpha value is -2.71. The molecule has 5 nitrogen and oxygen atoms in total. The van der Waals surface area contributed by atoms with Gasteiger partial charge in [0.2, 0.25) is 0 Å². The van der Waals surface area contributed by atoms with Crippen LogP contribution in [0.15, 0.2) is 48.5 Å². The molecule has 122 valence electrons. The summed E-state index contributed by atoms with van der Waals surface area (Å²) >= 11 is 5.93. The van der Waals surface area contributed by atoms with Crippen LogP contribution in [0.2, 0.25) is 5.02 Å². The van der Waals surface area contributed by atoms with Crippen molar-refractivity contribution in [2.45, 2.75) is 0 Å². The molecule has 6 heteroatoms. The van der Waals surface area contributed by atoms with Crippen LogP contribution in [-0.2, 0) is 0 Å². The summed E-state index contributed by atoms with van der Waals surface area (Å²) in [6.45, 7) is 2.81. The number of nitrogens with one attached hydrogen (secondary N) is 1. The summed E-state index contributed by atoms with van der Waals surface area (Å²) in [5, 5.41) is 12.3. The highest BCUT2D eigenvalue weighted by Crippen LogP contribution is 2.19. The average Bonchev–Trinajstić information content (AvgIpc) is 2.62. The molecule has 1 N–H and O–H groups in total. The molecule has 1 aliphatic rings. The predicted octanol–water partition coefficient (Wildman–Crippen LogP) is 3.57. The number of urea groups is 1. The molecule has 2 amide bonds. The number of benzene rings is 2. The molecule has 1 heterocycles. The van der Waals surface area contributed by atoms with E-state index in [1.807, 2.05) is 30.3 Å². The number of nitriles is 1. The van der Waals surface area contributed by atoms with Crippen LogP contribution in [0.25, 0.3) is 0 Å². The Kier molecular flexibility index (Phi) is 4.88. The first-order chi connectivity index (χ1) is 11.7. The third-order valence-electron chi connectivity index (χ3n) is 4.00. The highest BCUT2D eigenvalue weighted by atomic mass is 35.5. The van der Waals surface area contributed by atoms with E-state index in [1.54, 1.807) is 23.1 Å². The Balaban J connectivity index is 1.56. The Morgan fingerprint density at radius 2 is 1.79 bits per heavy atom. The number of carbonyl (C=O) groups is 1. The number of hydrogen-bond donors (Lipinski definition) is 1. The van der Waals surface area contributed by atoms with Crippen molar-refractivity contribution in [3.63, 3.8) is 0 Å². The Bertz CT molecular complexity index is 761. The second kappa shape index (κ2) is 7.24. The predicted molar refractivity (Wildman–Crippen MR) is 95.4 cm³/mol. The normalized spacial score (nSPS) is 14.2. The average molecular weight is 341 g/mol. The molecule has 0 unspecified atom stereocenters. The van der Waals surface area contributed by atoms with Gasteiger partial charge in [-0.2, -0.15) is 5.26 Å². The maximum atomic E-state index is 12.3. The molecule has 24 heavy (non-hydrogen) atoms. The van der Waals surface area contributed by atoms with Gasteiger partial charge in [0, 0.05) is 42.6 Å². The lowest BCUT2D eigenvalue weighted by Gasteiger charge is -2.36. The van der Waals surface area contributed by atoms with E-state index < -0.39 is 0 Å². The molecular formula is C18H17ClN4O. The second-order valence-electron chi connectivity index (χ2n) is 5.57. The molecule has 1 fully saturated rings. The quantitative estimate of drug-likeness (QED) is 0.909. The van der Waals surface area contributed by atoms with Crippen molar-refractivity contribution in [2.24, 2.45) is 0 Å². The molecule has 0 aliphatic carbocycles. The smallest absolute Gasteiger partial charge is 0.321 e. The van der Waals surface area contributed by atoms with Gasteiger partial charge in [-0.05, 0) is 42.5 Å². The van der Waals surface area contributed by atoms with E-state index in [1.165, 1.54) is 0 Å². The van der Waals surface area contributed by atoms with Gasteiger partial charge in [0.15, 0.2) is 0 Å². The summed E-state index contributed by atoms with van der Waals surface area (Å²) in [6.07, 6.45) is 0. The van der Waals surface area contributed by atoms with Crippen molar-refractivity contribution in [3.05, 3.63) is 59.1 Å². The van der Waals surface area contributed by atoms with Gasteiger partial charge in [0.05, 0.1) is 11.6 Å². The molecule has 0 radical (unpaired) electrons. The molecule has 2 aromatic carbocycles. The van der Waals surface area contributed by atoms with Crippen molar-refractivity contribution in [3.8, 4) is 6.07 Å².